The molecule has 15 heavy (non-hydrogen) atoms. The number of halogens is 1. The van der Waals surface area contributed by atoms with E-state index in [-0.39, 0.29) is 0 Å². The van der Waals surface area contributed by atoms with Gasteiger partial charge in [-0.2, -0.15) is 0 Å². The summed E-state index contributed by atoms with van der Waals surface area (Å²) in [6.07, 6.45) is 3.97. The molecule has 1 aliphatic rings. The van der Waals surface area contributed by atoms with Crippen molar-refractivity contribution >= 4 is 17.3 Å². The van der Waals surface area contributed by atoms with Gasteiger partial charge < -0.3 is 4.90 Å². The summed E-state index contributed by atoms with van der Waals surface area (Å²) < 4.78 is 0. The van der Waals surface area contributed by atoms with Gasteiger partial charge in [-0.15, -0.1) is 0 Å². The monoisotopic (exact) mass is 223 g/mol. The third-order valence-corrected chi connectivity index (χ3v) is 3.60. The van der Waals surface area contributed by atoms with Crippen molar-refractivity contribution < 1.29 is 0 Å². The second-order valence-corrected chi connectivity index (χ2v) is 4.75. The molecule has 1 aliphatic heterocycles. The van der Waals surface area contributed by atoms with Crippen LogP contribution in [0.2, 0.25) is 5.02 Å². The summed E-state index contributed by atoms with van der Waals surface area (Å²) in [4.78, 5) is 2.44. The average molecular weight is 224 g/mol. The Hall–Kier alpha value is -0.690. The van der Waals surface area contributed by atoms with Crippen LogP contribution in [0.5, 0.6) is 0 Å². The van der Waals surface area contributed by atoms with Gasteiger partial charge in [-0.3, -0.25) is 0 Å². The molecule has 0 aromatic heterocycles. The SMILES string of the molecule is CCC1CCN(c2cccc(Cl)c2)CC1. The normalized spacial score (nSPS) is 18.1. The Morgan fingerprint density at radius 2 is 2.07 bits per heavy atom. The molecule has 82 valence electrons. The molecule has 0 amide bonds. The smallest absolute Gasteiger partial charge is 0.0426 e. The Morgan fingerprint density at radius 3 is 2.67 bits per heavy atom. The second-order valence-electron chi connectivity index (χ2n) is 4.32. The second kappa shape index (κ2) is 4.89. The number of rotatable bonds is 2. The van der Waals surface area contributed by atoms with E-state index in [1.54, 1.807) is 0 Å². The summed E-state index contributed by atoms with van der Waals surface area (Å²) in [6.45, 7) is 4.65. The third kappa shape index (κ3) is 2.66. The van der Waals surface area contributed by atoms with E-state index >= 15 is 0 Å². The molecule has 0 saturated carbocycles. The van der Waals surface area contributed by atoms with Crippen molar-refractivity contribution in [3.05, 3.63) is 29.3 Å². The lowest BCUT2D eigenvalue weighted by molar-refractivity contribution is 0.395. The van der Waals surface area contributed by atoms with Gasteiger partial charge in [0.05, 0.1) is 0 Å². The van der Waals surface area contributed by atoms with Crippen LogP contribution in [0, 0.1) is 5.92 Å². The maximum absolute atomic E-state index is 5.99. The van der Waals surface area contributed by atoms with Crippen LogP contribution in [-0.2, 0) is 0 Å². The lowest BCUT2D eigenvalue weighted by Gasteiger charge is -2.33. The zero-order valence-corrected chi connectivity index (χ0v) is 10.0. The molecule has 0 bridgehead atoms. The molecule has 0 spiro atoms. The molecule has 1 aromatic rings. The van der Waals surface area contributed by atoms with E-state index in [0.717, 1.165) is 10.9 Å². The number of hydrogen-bond acceptors (Lipinski definition) is 1. The van der Waals surface area contributed by atoms with Gasteiger partial charge in [0, 0.05) is 23.8 Å². The number of hydrogen-bond donors (Lipinski definition) is 0. The lowest BCUT2D eigenvalue weighted by Crippen LogP contribution is -2.33. The van der Waals surface area contributed by atoms with E-state index in [0.29, 0.717) is 0 Å². The molecule has 2 rings (SSSR count). The van der Waals surface area contributed by atoms with E-state index in [1.165, 1.54) is 38.0 Å². The predicted molar refractivity (Wildman–Crippen MR) is 66.7 cm³/mol. The van der Waals surface area contributed by atoms with Gasteiger partial charge in [-0.05, 0) is 37.0 Å². The minimum atomic E-state index is 0.838. The van der Waals surface area contributed by atoms with E-state index < -0.39 is 0 Å². The van der Waals surface area contributed by atoms with Crippen molar-refractivity contribution in [2.24, 2.45) is 5.92 Å². The first-order chi connectivity index (χ1) is 7.29. The summed E-state index contributed by atoms with van der Waals surface area (Å²) in [5, 5.41) is 0.838. The maximum atomic E-state index is 5.99. The Kier molecular flexibility index (Phi) is 3.53. The van der Waals surface area contributed by atoms with Crippen LogP contribution < -0.4 is 4.90 Å². The number of benzene rings is 1. The molecule has 0 unspecified atom stereocenters. The van der Waals surface area contributed by atoms with Crippen molar-refractivity contribution in [3.8, 4) is 0 Å². The molecular weight excluding hydrogens is 206 g/mol. The zero-order chi connectivity index (χ0) is 10.7. The molecule has 0 aliphatic carbocycles. The van der Waals surface area contributed by atoms with Crippen LogP contribution in [-0.4, -0.2) is 13.1 Å². The molecule has 1 saturated heterocycles. The molecule has 2 heteroatoms. The predicted octanol–water partition coefficient (Wildman–Crippen LogP) is 3.97. The summed E-state index contributed by atoms with van der Waals surface area (Å²) in [5.41, 5.74) is 1.28. The first-order valence-corrected chi connectivity index (χ1v) is 6.18. The van der Waals surface area contributed by atoms with E-state index in [2.05, 4.69) is 24.0 Å². The first-order valence-electron chi connectivity index (χ1n) is 5.80. The largest absolute Gasteiger partial charge is 0.371 e. The fourth-order valence-corrected chi connectivity index (χ4v) is 2.46. The fourth-order valence-electron chi connectivity index (χ4n) is 2.27. The summed E-state index contributed by atoms with van der Waals surface area (Å²) >= 11 is 5.99. The average Bonchev–Trinajstić information content (AvgIpc) is 2.29. The maximum Gasteiger partial charge on any atom is 0.0426 e. The Labute approximate surface area is 97.0 Å². The van der Waals surface area contributed by atoms with Crippen molar-refractivity contribution in [2.45, 2.75) is 26.2 Å². The van der Waals surface area contributed by atoms with E-state index in [9.17, 15) is 0 Å². The van der Waals surface area contributed by atoms with Gasteiger partial charge in [0.1, 0.15) is 0 Å². The van der Waals surface area contributed by atoms with Crippen LogP contribution in [0.1, 0.15) is 26.2 Å². The number of nitrogens with zero attached hydrogens (tertiary/aromatic N) is 1. The highest BCUT2D eigenvalue weighted by atomic mass is 35.5. The molecule has 1 heterocycles. The topological polar surface area (TPSA) is 3.24 Å². The molecule has 1 aromatic carbocycles. The van der Waals surface area contributed by atoms with Crippen LogP contribution in [0.15, 0.2) is 24.3 Å². The van der Waals surface area contributed by atoms with Crippen molar-refractivity contribution in [1.82, 2.24) is 0 Å². The summed E-state index contributed by atoms with van der Waals surface area (Å²) in [6, 6.07) is 8.18. The quantitative estimate of drug-likeness (QED) is 0.734. The fraction of sp³-hybridized carbons (Fsp3) is 0.538. The van der Waals surface area contributed by atoms with Gasteiger partial charge in [0.15, 0.2) is 0 Å². The highest BCUT2D eigenvalue weighted by molar-refractivity contribution is 6.30. The van der Waals surface area contributed by atoms with Gasteiger partial charge in [0.2, 0.25) is 0 Å². The van der Waals surface area contributed by atoms with E-state index in [4.69, 9.17) is 11.6 Å². The molecule has 0 N–H and O–H groups in total. The minimum absolute atomic E-state index is 0.838. The van der Waals surface area contributed by atoms with Crippen LogP contribution >= 0.6 is 11.6 Å². The van der Waals surface area contributed by atoms with Gasteiger partial charge in [-0.1, -0.05) is 31.0 Å². The zero-order valence-electron chi connectivity index (χ0n) is 9.25. The number of anilines is 1. The Balaban J connectivity index is 2.01. The molecule has 1 nitrogen and oxygen atoms in total. The van der Waals surface area contributed by atoms with Gasteiger partial charge in [0.25, 0.3) is 0 Å². The number of piperidine rings is 1. The first kappa shape index (κ1) is 10.8. The highest BCUT2D eigenvalue weighted by Gasteiger charge is 2.17. The highest BCUT2D eigenvalue weighted by Crippen LogP contribution is 2.26. The Morgan fingerprint density at radius 1 is 1.33 bits per heavy atom. The molecule has 1 fully saturated rings. The van der Waals surface area contributed by atoms with E-state index in [1.807, 2.05) is 12.1 Å². The molecule has 0 atom stereocenters. The van der Waals surface area contributed by atoms with Crippen molar-refractivity contribution in [3.63, 3.8) is 0 Å². The van der Waals surface area contributed by atoms with Gasteiger partial charge in [-0.25, -0.2) is 0 Å². The summed E-state index contributed by atoms with van der Waals surface area (Å²) in [5.74, 6) is 0.931. The van der Waals surface area contributed by atoms with Crippen molar-refractivity contribution in [2.75, 3.05) is 18.0 Å². The molecule has 0 radical (unpaired) electrons. The molecular formula is C13H18ClN. The van der Waals surface area contributed by atoms with Gasteiger partial charge >= 0.3 is 0 Å². The third-order valence-electron chi connectivity index (χ3n) is 3.37. The lowest BCUT2D eigenvalue weighted by atomic mass is 9.94. The standard InChI is InChI=1S/C13H18ClN/c1-2-11-6-8-15(9-7-11)13-5-3-4-12(14)10-13/h3-5,10-11H,2,6-9H2,1H3. The summed E-state index contributed by atoms with van der Waals surface area (Å²) in [7, 11) is 0. The van der Waals surface area contributed by atoms with Crippen LogP contribution in [0.4, 0.5) is 5.69 Å². The van der Waals surface area contributed by atoms with Crippen molar-refractivity contribution in [1.29, 1.82) is 0 Å². The van der Waals surface area contributed by atoms with Crippen LogP contribution in [0.25, 0.3) is 0 Å². The van der Waals surface area contributed by atoms with Crippen LogP contribution in [0.3, 0.4) is 0 Å². The minimum Gasteiger partial charge on any atom is -0.371 e. The Bertz CT molecular complexity index is 316.